The SMILES string of the molecule is CC(C)(C)c1ccc(CP(=O)(Cl)Cl)cc1. The molecular formula is C11H15Cl2OP. The molecule has 0 unspecified atom stereocenters. The van der Waals surface area contributed by atoms with Crippen LogP contribution in [0.1, 0.15) is 31.9 Å². The van der Waals surface area contributed by atoms with Gasteiger partial charge in [0.05, 0.1) is 6.16 Å². The average Bonchev–Trinajstić information content (AvgIpc) is 2.00. The fourth-order valence-electron chi connectivity index (χ4n) is 1.32. The predicted molar refractivity (Wildman–Crippen MR) is 68.2 cm³/mol. The van der Waals surface area contributed by atoms with Gasteiger partial charge in [-0.2, -0.15) is 0 Å². The lowest BCUT2D eigenvalue weighted by Gasteiger charge is -2.19. The Bertz CT molecular complexity index is 373. The summed E-state index contributed by atoms with van der Waals surface area (Å²) < 4.78 is 11.2. The maximum Gasteiger partial charge on any atom is 0.257 e. The molecule has 0 bridgehead atoms. The molecule has 0 saturated carbocycles. The van der Waals surface area contributed by atoms with E-state index in [1.54, 1.807) is 0 Å². The molecule has 0 heterocycles. The van der Waals surface area contributed by atoms with E-state index in [9.17, 15) is 4.57 Å². The normalized spacial score (nSPS) is 12.9. The second-order valence-corrected chi connectivity index (χ2v) is 9.93. The van der Waals surface area contributed by atoms with Crippen molar-refractivity contribution in [3.05, 3.63) is 35.4 Å². The molecule has 1 aromatic carbocycles. The number of hydrogen-bond acceptors (Lipinski definition) is 1. The standard InChI is InChI=1S/C11H15Cl2OP/c1-11(2,3)10-6-4-9(5-7-10)8-15(12,13)14/h4-7H,8H2,1-3H3. The van der Waals surface area contributed by atoms with E-state index in [4.69, 9.17) is 22.5 Å². The Morgan fingerprint density at radius 1 is 1.13 bits per heavy atom. The smallest absolute Gasteiger partial charge is 0.257 e. The van der Waals surface area contributed by atoms with Crippen LogP contribution in [0.15, 0.2) is 24.3 Å². The van der Waals surface area contributed by atoms with Crippen LogP contribution < -0.4 is 0 Å². The minimum absolute atomic E-state index is 0.129. The molecule has 0 saturated heterocycles. The summed E-state index contributed by atoms with van der Waals surface area (Å²) in [4.78, 5) is 0. The van der Waals surface area contributed by atoms with Crippen molar-refractivity contribution in [1.29, 1.82) is 0 Å². The van der Waals surface area contributed by atoms with Gasteiger partial charge in [0.25, 0.3) is 5.85 Å². The van der Waals surface area contributed by atoms with Crippen LogP contribution in [0.25, 0.3) is 0 Å². The van der Waals surface area contributed by atoms with Crippen LogP contribution in [0, 0.1) is 0 Å². The van der Waals surface area contributed by atoms with Gasteiger partial charge >= 0.3 is 0 Å². The van der Waals surface area contributed by atoms with Crippen LogP contribution in [0.3, 0.4) is 0 Å². The maximum absolute atomic E-state index is 11.2. The molecule has 1 aromatic rings. The molecular weight excluding hydrogens is 250 g/mol. The van der Waals surface area contributed by atoms with E-state index in [2.05, 4.69) is 20.8 Å². The fourth-order valence-corrected chi connectivity index (χ4v) is 2.79. The Hall–Kier alpha value is 0.0300. The van der Waals surface area contributed by atoms with Crippen molar-refractivity contribution in [2.45, 2.75) is 32.3 Å². The average molecular weight is 265 g/mol. The van der Waals surface area contributed by atoms with Crippen LogP contribution in [0.2, 0.25) is 0 Å². The van der Waals surface area contributed by atoms with Gasteiger partial charge in [-0.3, -0.25) is 4.57 Å². The van der Waals surface area contributed by atoms with Crippen molar-refractivity contribution in [2.75, 3.05) is 0 Å². The van der Waals surface area contributed by atoms with Crippen molar-refractivity contribution in [1.82, 2.24) is 0 Å². The van der Waals surface area contributed by atoms with Crippen molar-refractivity contribution in [3.63, 3.8) is 0 Å². The van der Waals surface area contributed by atoms with Gasteiger partial charge in [0.2, 0.25) is 0 Å². The molecule has 0 N–H and O–H groups in total. The third-order valence-corrected chi connectivity index (χ3v) is 3.64. The number of benzene rings is 1. The summed E-state index contributed by atoms with van der Waals surface area (Å²) in [5.41, 5.74) is 2.28. The van der Waals surface area contributed by atoms with E-state index in [0.717, 1.165) is 5.56 Å². The first-order chi connectivity index (χ1) is 6.68. The van der Waals surface area contributed by atoms with Gasteiger partial charge in [0.1, 0.15) is 0 Å². The molecule has 0 radical (unpaired) electrons. The molecule has 0 spiro atoms. The summed E-state index contributed by atoms with van der Waals surface area (Å²) >= 11 is 11.0. The highest BCUT2D eigenvalue weighted by atomic mass is 35.9. The molecule has 0 aliphatic rings. The Morgan fingerprint density at radius 2 is 1.60 bits per heavy atom. The van der Waals surface area contributed by atoms with Crippen molar-refractivity contribution in [2.24, 2.45) is 0 Å². The summed E-state index contributed by atoms with van der Waals surface area (Å²) in [6.07, 6.45) is 0.237. The molecule has 84 valence electrons. The summed E-state index contributed by atoms with van der Waals surface area (Å²) in [6.45, 7) is 6.45. The largest absolute Gasteiger partial charge is 0.289 e. The lowest BCUT2D eigenvalue weighted by Crippen LogP contribution is -2.10. The zero-order valence-corrected chi connectivity index (χ0v) is 11.5. The first kappa shape index (κ1) is 13.1. The summed E-state index contributed by atoms with van der Waals surface area (Å²) in [7, 11) is 0. The van der Waals surface area contributed by atoms with Crippen molar-refractivity contribution < 1.29 is 4.57 Å². The number of hydrogen-bond donors (Lipinski definition) is 0. The lowest BCUT2D eigenvalue weighted by molar-refractivity contribution is 0.589. The van der Waals surface area contributed by atoms with Crippen LogP contribution in [-0.2, 0) is 16.1 Å². The molecule has 0 amide bonds. The van der Waals surface area contributed by atoms with Gasteiger partial charge in [-0.25, -0.2) is 0 Å². The van der Waals surface area contributed by atoms with Crippen LogP contribution in [-0.4, -0.2) is 0 Å². The first-order valence-electron chi connectivity index (χ1n) is 4.76. The molecule has 4 heteroatoms. The van der Waals surface area contributed by atoms with Crippen molar-refractivity contribution in [3.8, 4) is 0 Å². The zero-order valence-electron chi connectivity index (χ0n) is 9.13. The van der Waals surface area contributed by atoms with E-state index >= 15 is 0 Å². The highest BCUT2D eigenvalue weighted by molar-refractivity contribution is 8.08. The Labute approximate surface area is 101 Å². The second-order valence-electron chi connectivity index (χ2n) is 4.68. The summed E-state index contributed by atoms with van der Waals surface area (Å²) in [5.74, 6) is -3.00. The molecule has 1 rings (SSSR count). The molecule has 0 aliphatic heterocycles. The highest BCUT2D eigenvalue weighted by Crippen LogP contribution is 2.59. The zero-order chi connectivity index (χ0) is 11.7. The minimum Gasteiger partial charge on any atom is -0.289 e. The molecule has 0 aromatic heterocycles. The topological polar surface area (TPSA) is 17.1 Å². The molecule has 1 nitrogen and oxygen atoms in total. The Kier molecular flexibility index (Phi) is 3.92. The number of halogens is 2. The third kappa shape index (κ3) is 4.59. The van der Waals surface area contributed by atoms with Crippen LogP contribution in [0.5, 0.6) is 0 Å². The van der Waals surface area contributed by atoms with E-state index in [0.29, 0.717) is 0 Å². The summed E-state index contributed by atoms with van der Waals surface area (Å²) in [5, 5.41) is 0. The molecule has 0 fully saturated rings. The minimum atomic E-state index is -3.00. The molecule has 0 aliphatic carbocycles. The van der Waals surface area contributed by atoms with E-state index in [-0.39, 0.29) is 11.6 Å². The van der Waals surface area contributed by atoms with Gasteiger partial charge < -0.3 is 0 Å². The lowest BCUT2D eigenvalue weighted by atomic mass is 9.87. The van der Waals surface area contributed by atoms with Gasteiger partial charge in [-0.1, -0.05) is 45.0 Å². The van der Waals surface area contributed by atoms with Gasteiger partial charge in [-0.05, 0) is 39.0 Å². The Morgan fingerprint density at radius 3 is 1.93 bits per heavy atom. The fraction of sp³-hybridized carbons (Fsp3) is 0.455. The van der Waals surface area contributed by atoms with Crippen LogP contribution in [0.4, 0.5) is 0 Å². The van der Waals surface area contributed by atoms with Crippen molar-refractivity contribution >= 4 is 28.3 Å². The van der Waals surface area contributed by atoms with Gasteiger partial charge in [0.15, 0.2) is 0 Å². The molecule has 0 atom stereocenters. The quantitative estimate of drug-likeness (QED) is 0.675. The van der Waals surface area contributed by atoms with E-state index < -0.39 is 5.85 Å². The van der Waals surface area contributed by atoms with E-state index in [1.165, 1.54) is 5.56 Å². The predicted octanol–water partition coefficient (Wildman–Crippen LogP) is 5.15. The third-order valence-electron chi connectivity index (χ3n) is 2.19. The maximum atomic E-state index is 11.2. The first-order valence-corrected chi connectivity index (χ1v) is 8.46. The molecule has 15 heavy (non-hydrogen) atoms. The summed E-state index contributed by atoms with van der Waals surface area (Å²) in [6, 6.07) is 7.91. The second kappa shape index (κ2) is 4.49. The van der Waals surface area contributed by atoms with Gasteiger partial charge in [-0.15, -0.1) is 0 Å². The highest BCUT2D eigenvalue weighted by Gasteiger charge is 2.16. The monoisotopic (exact) mass is 264 g/mol. The number of rotatable bonds is 2. The van der Waals surface area contributed by atoms with Gasteiger partial charge in [0, 0.05) is 0 Å². The van der Waals surface area contributed by atoms with E-state index in [1.807, 2.05) is 24.3 Å². The Balaban J connectivity index is 2.87. The van der Waals surface area contributed by atoms with Crippen LogP contribution >= 0.6 is 28.3 Å².